The SMILES string of the molecule is Fc1cc(N2CCc3c(OCc4ccccc4)c(F)cc(Br)c32)ccc1OCc1ccccc1. The molecule has 172 valence electrons. The Kier molecular flexibility index (Phi) is 6.50. The Morgan fingerprint density at radius 1 is 0.765 bits per heavy atom. The van der Waals surface area contributed by atoms with Gasteiger partial charge in [0.2, 0.25) is 0 Å². The number of fused-ring (bicyclic) bond motifs is 1. The Hall–Kier alpha value is -3.38. The van der Waals surface area contributed by atoms with Crippen LogP contribution in [0.3, 0.4) is 0 Å². The van der Waals surface area contributed by atoms with Crippen LogP contribution in [0, 0.1) is 11.6 Å². The number of benzene rings is 4. The highest BCUT2D eigenvalue weighted by atomic mass is 79.9. The smallest absolute Gasteiger partial charge is 0.167 e. The van der Waals surface area contributed by atoms with Crippen LogP contribution in [0.25, 0.3) is 0 Å². The number of hydrogen-bond donors (Lipinski definition) is 0. The predicted molar refractivity (Wildman–Crippen MR) is 133 cm³/mol. The molecule has 6 heteroatoms. The molecule has 1 heterocycles. The highest BCUT2D eigenvalue weighted by Gasteiger charge is 2.29. The van der Waals surface area contributed by atoms with Crippen molar-refractivity contribution in [1.29, 1.82) is 0 Å². The Balaban J connectivity index is 1.38. The van der Waals surface area contributed by atoms with Crippen molar-refractivity contribution in [2.24, 2.45) is 0 Å². The quantitative estimate of drug-likeness (QED) is 0.250. The van der Waals surface area contributed by atoms with Gasteiger partial charge in [-0.25, -0.2) is 8.78 Å². The molecule has 0 N–H and O–H groups in total. The summed E-state index contributed by atoms with van der Waals surface area (Å²) in [4.78, 5) is 1.97. The number of ether oxygens (including phenoxy) is 2. The van der Waals surface area contributed by atoms with Gasteiger partial charge in [-0.3, -0.25) is 0 Å². The molecule has 0 aromatic heterocycles. The summed E-state index contributed by atoms with van der Waals surface area (Å²) in [6, 6.07) is 25.6. The summed E-state index contributed by atoms with van der Waals surface area (Å²) in [5.41, 5.74) is 4.16. The zero-order chi connectivity index (χ0) is 23.5. The maximum Gasteiger partial charge on any atom is 0.167 e. The van der Waals surface area contributed by atoms with Gasteiger partial charge < -0.3 is 14.4 Å². The van der Waals surface area contributed by atoms with Crippen molar-refractivity contribution in [3.63, 3.8) is 0 Å². The number of nitrogens with zero attached hydrogens (tertiary/aromatic N) is 1. The van der Waals surface area contributed by atoms with Crippen LogP contribution in [0.15, 0.2) is 89.4 Å². The molecule has 0 fully saturated rings. The largest absolute Gasteiger partial charge is 0.486 e. The second kappa shape index (κ2) is 9.85. The molecule has 0 spiro atoms. The summed E-state index contributed by atoms with van der Waals surface area (Å²) in [6.07, 6.45) is 0.587. The van der Waals surface area contributed by atoms with E-state index in [1.807, 2.05) is 71.6 Å². The predicted octanol–water partition coefficient (Wildman–Crippen LogP) is 7.58. The first kappa shape index (κ1) is 22.4. The van der Waals surface area contributed by atoms with Crippen molar-refractivity contribution in [3.05, 3.63) is 118 Å². The maximum atomic E-state index is 14.9. The third-order valence-corrected chi connectivity index (χ3v) is 6.41. The fourth-order valence-corrected chi connectivity index (χ4v) is 4.81. The third-order valence-electron chi connectivity index (χ3n) is 5.80. The lowest BCUT2D eigenvalue weighted by atomic mass is 10.1. The maximum absolute atomic E-state index is 14.9. The van der Waals surface area contributed by atoms with Gasteiger partial charge >= 0.3 is 0 Å². The molecule has 0 aliphatic carbocycles. The number of hydrogen-bond acceptors (Lipinski definition) is 3. The minimum Gasteiger partial charge on any atom is -0.486 e. The van der Waals surface area contributed by atoms with Gasteiger partial charge in [0.15, 0.2) is 23.1 Å². The molecule has 1 aliphatic heterocycles. The number of anilines is 2. The topological polar surface area (TPSA) is 21.7 Å². The Bertz CT molecular complexity index is 1300. The van der Waals surface area contributed by atoms with Crippen LogP contribution in [-0.4, -0.2) is 6.54 Å². The van der Waals surface area contributed by atoms with Gasteiger partial charge in [-0.05, 0) is 51.7 Å². The first-order valence-corrected chi connectivity index (χ1v) is 11.8. The Labute approximate surface area is 205 Å². The van der Waals surface area contributed by atoms with Crippen molar-refractivity contribution in [1.82, 2.24) is 0 Å². The van der Waals surface area contributed by atoms with E-state index < -0.39 is 11.6 Å². The summed E-state index contributed by atoms with van der Waals surface area (Å²) in [7, 11) is 0. The molecule has 3 nitrogen and oxygen atoms in total. The average Bonchev–Trinajstić information content (AvgIpc) is 3.30. The Morgan fingerprint density at radius 2 is 1.41 bits per heavy atom. The van der Waals surface area contributed by atoms with E-state index in [1.165, 1.54) is 12.1 Å². The minimum absolute atomic E-state index is 0.192. The highest BCUT2D eigenvalue weighted by Crippen LogP contribution is 2.46. The standard InChI is InChI=1S/C28H22BrF2NO2/c29-23-16-25(31)28(34-18-20-9-5-2-6-10-20)22-13-14-32(27(22)23)21-11-12-26(24(30)15-21)33-17-19-7-3-1-4-8-19/h1-12,15-16H,13-14,17-18H2. The molecule has 0 unspecified atom stereocenters. The second-order valence-corrected chi connectivity index (χ2v) is 8.92. The minimum atomic E-state index is -0.444. The highest BCUT2D eigenvalue weighted by molar-refractivity contribution is 9.10. The fraction of sp³-hybridized carbons (Fsp3) is 0.143. The molecule has 0 radical (unpaired) electrons. The van der Waals surface area contributed by atoms with Crippen LogP contribution in [0.1, 0.15) is 16.7 Å². The molecule has 4 aromatic rings. The van der Waals surface area contributed by atoms with Gasteiger partial charge in [0, 0.05) is 28.3 Å². The van der Waals surface area contributed by atoms with E-state index in [1.54, 1.807) is 6.07 Å². The lowest BCUT2D eigenvalue weighted by Crippen LogP contribution is -2.14. The summed E-state index contributed by atoms with van der Waals surface area (Å²) in [5.74, 6) is -0.426. The van der Waals surface area contributed by atoms with Crippen LogP contribution < -0.4 is 14.4 Å². The van der Waals surface area contributed by atoms with Crippen LogP contribution in [-0.2, 0) is 19.6 Å². The fourth-order valence-electron chi connectivity index (χ4n) is 4.15. The van der Waals surface area contributed by atoms with E-state index in [-0.39, 0.29) is 24.7 Å². The van der Waals surface area contributed by atoms with Crippen molar-refractivity contribution in [2.45, 2.75) is 19.6 Å². The van der Waals surface area contributed by atoms with E-state index in [9.17, 15) is 8.78 Å². The first-order valence-electron chi connectivity index (χ1n) is 11.0. The zero-order valence-electron chi connectivity index (χ0n) is 18.3. The van der Waals surface area contributed by atoms with E-state index in [4.69, 9.17) is 9.47 Å². The van der Waals surface area contributed by atoms with E-state index in [0.29, 0.717) is 23.1 Å². The molecule has 4 aromatic carbocycles. The summed E-state index contributed by atoms with van der Waals surface area (Å²) in [6.45, 7) is 1.15. The van der Waals surface area contributed by atoms with Crippen molar-refractivity contribution in [3.8, 4) is 11.5 Å². The number of halogens is 3. The Morgan fingerprint density at radius 3 is 2.06 bits per heavy atom. The normalized spacial score (nSPS) is 12.5. The molecule has 1 aliphatic rings. The summed E-state index contributed by atoms with van der Waals surface area (Å²) < 4.78 is 41.9. The van der Waals surface area contributed by atoms with Gasteiger partial charge in [0.05, 0.1) is 5.69 Å². The van der Waals surface area contributed by atoms with Gasteiger partial charge in [0.25, 0.3) is 0 Å². The molecule has 0 amide bonds. The lowest BCUT2D eigenvalue weighted by molar-refractivity contribution is 0.287. The molecule has 0 bridgehead atoms. The molecule has 0 saturated carbocycles. The van der Waals surface area contributed by atoms with E-state index in [0.717, 1.165) is 22.4 Å². The van der Waals surface area contributed by atoms with Crippen LogP contribution in [0.4, 0.5) is 20.2 Å². The molecule has 0 saturated heterocycles. The van der Waals surface area contributed by atoms with Gasteiger partial charge in [-0.1, -0.05) is 60.7 Å². The second-order valence-electron chi connectivity index (χ2n) is 8.06. The zero-order valence-corrected chi connectivity index (χ0v) is 19.9. The van der Waals surface area contributed by atoms with Crippen molar-refractivity contribution >= 4 is 27.3 Å². The van der Waals surface area contributed by atoms with E-state index >= 15 is 0 Å². The van der Waals surface area contributed by atoms with Gasteiger partial charge in [-0.2, -0.15) is 0 Å². The molecule has 5 rings (SSSR count). The molecule has 0 atom stereocenters. The van der Waals surface area contributed by atoms with Crippen LogP contribution in [0.5, 0.6) is 11.5 Å². The monoisotopic (exact) mass is 521 g/mol. The molecular formula is C28H22BrF2NO2. The van der Waals surface area contributed by atoms with Crippen molar-refractivity contribution in [2.75, 3.05) is 11.4 Å². The third kappa shape index (κ3) is 4.64. The average molecular weight is 522 g/mol. The molecule has 34 heavy (non-hydrogen) atoms. The van der Waals surface area contributed by atoms with Crippen LogP contribution >= 0.6 is 15.9 Å². The van der Waals surface area contributed by atoms with Gasteiger partial charge in [0.1, 0.15) is 13.2 Å². The van der Waals surface area contributed by atoms with Crippen molar-refractivity contribution < 1.29 is 18.3 Å². The number of rotatable bonds is 7. The van der Waals surface area contributed by atoms with Gasteiger partial charge in [-0.15, -0.1) is 0 Å². The first-order chi connectivity index (χ1) is 16.6. The summed E-state index contributed by atoms with van der Waals surface area (Å²) in [5, 5.41) is 0. The lowest BCUT2D eigenvalue weighted by Gasteiger charge is -2.22. The molecular weight excluding hydrogens is 500 g/mol. The van der Waals surface area contributed by atoms with E-state index in [2.05, 4.69) is 15.9 Å². The van der Waals surface area contributed by atoms with Crippen LogP contribution in [0.2, 0.25) is 0 Å². The summed E-state index contributed by atoms with van der Waals surface area (Å²) >= 11 is 3.49.